The molecule has 2 nitrogen and oxygen atoms in total. The molecule has 2 unspecified atom stereocenters. The lowest BCUT2D eigenvalue weighted by atomic mass is 9.44. The van der Waals surface area contributed by atoms with Crippen LogP contribution in [0.4, 0.5) is 0 Å². The quantitative estimate of drug-likeness (QED) is 0.535. The first-order chi connectivity index (χ1) is 12.9. The molecule has 3 heteroatoms. The molecule has 9 atom stereocenters. The number of hydrogen-bond acceptors (Lipinski definition) is 1. The highest BCUT2D eigenvalue weighted by atomic mass is 35.5. The third-order valence-electron chi connectivity index (χ3n) is 9.89. The molecule has 0 spiro atoms. The summed E-state index contributed by atoms with van der Waals surface area (Å²) in [6.07, 6.45) is 12.8. The second-order valence-corrected chi connectivity index (χ2v) is 11.4. The van der Waals surface area contributed by atoms with Crippen molar-refractivity contribution in [3.63, 3.8) is 0 Å². The van der Waals surface area contributed by atoms with Gasteiger partial charge >= 0.3 is 5.97 Å². The lowest BCUT2D eigenvalue weighted by Gasteiger charge is -2.60. The minimum absolute atomic E-state index is 0.283. The van der Waals surface area contributed by atoms with Gasteiger partial charge in [-0.1, -0.05) is 46.5 Å². The Morgan fingerprint density at radius 1 is 1.15 bits per heavy atom. The normalized spacial score (nSPS) is 50.4. The van der Waals surface area contributed by atoms with Gasteiger partial charge < -0.3 is 5.11 Å². The summed E-state index contributed by atoms with van der Waals surface area (Å²) in [5, 5.41) is 10.7. The standard InChI is InChI=1S/C24H39ClO2/c1-4-7-15(2)21-20(25)14-19-17-10-9-16-8-5-6-12-24(16,22(26)27)18(17)11-13-23(19,21)3/h15-21H,4-14H2,1-3H3,(H,26,27)/t15-,16?,17-,18+,19+,20?,21+,23+,24-/m1/s1. The van der Waals surface area contributed by atoms with E-state index in [-0.39, 0.29) is 5.38 Å². The third-order valence-corrected chi connectivity index (χ3v) is 10.3. The van der Waals surface area contributed by atoms with Crippen LogP contribution in [0.15, 0.2) is 0 Å². The molecular weight excluding hydrogens is 356 g/mol. The Bertz CT molecular complexity index is 577. The molecule has 4 rings (SSSR count). The Kier molecular flexibility index (Phi) is 5.36. The topological polar surface area (TPSA) is 37.3 Å². The average molecular weight is 395 g/mol. The molecule has 0 aromatic carbocycles. The van der Waals surface area contributed by atoms with Gasteiger partial charge in [-0.25, -0.2) is 0 Å². The summed E-state index contributed by atoms with van der Waals surface area (Å²) in [7, 11) is 0. The predicted molar refractivity (Wildman–Crippen MR) is 111 cm³/mol. The zero-order chi connectivity index (χ0) is 19.4. The number of halogens is 1. The molecule has 0 aliphatic heterocycles. The van der Waals surface area contributed by atoms with E-state index in [4.69, 9.17) is 11.6 Å². The van der Waals surface area contributed by atoms with E-state index < -0.39 is 11.4 Å². The molecule has 27 heavy (non-hydrogen) atoms. The first-order valence-electron chi connectivity index (χ1n) is 11.7. The summed E-state index contributed by atoms with van der Waals surface area (Å²) in [6.45, 7) is 7.22. The highest BCUT2D eigenvalue weighted by Gasteiger charge is 2.65. The maximum atomic E-state index is 12.6. The smallest absolute Gasteiger partial charge is 0.310 e. The molecule has 4 fully saturated rings. The highest BCUT2D eigenvalue weighted by Crippen LogP contribution is 2.69. The van der Waals surface area contributed by atoms with Crippen LogP contribution in [0.25, 0.3) is 0 Å². The van der Waals surface area contributed by atoms with Gasteiger partial charge in [0.2, 0.25) is 0 Å². The van der Waals surface area contributed by atoms with Crippen molar-refractivity contribution in [1.82, 2.24) is 0 Å². The first-order valence-corrected chi connectivity index (χ1v) is 12.2. The highest BCUT2D eigenvalue weighted by molar-refractivity contribution is 6.21. The van der Waals surface area contributed by atoms with Crippen LogP contribution in [-0.4, -0.2) is 16.5 Å². The summed E-state index contributed by atoms with van der Waals surface area (Å²) in [5.74, 6) is 2.88. The van der Waals surface area contributed by atoms with Crippen LogP contribution < -0.4 is 0 Å². The predicted octanol–water partition coefficient (Wildman–Crippen LogP) is 6.75. The van der Waals surface area contributed by atoms with Crippen molar-refractivity contribution in [2.75, 3.05) is 0 Å². The SMILES string of the molecule is CCC[C@@H](C)[C@H]1C(Cl)C[C@H]2[C@@H]3CCC4CCCC[C@]4(C(=O)O)[C@H]3CC[C@]12C. The van der Waals surface area contributed by atoms with Crippen molar-refractivity contribution in [1.29, 1.82) is 0 Å². The number of aliphatic carboxylic acids is 1. The van der Waals surface area contributed by atoms with Crippen LogP contribution in [0.3, 0.4) is 0 Å². The second kappa shape index (κ2) is 7.22. The average Bonchev–Trinajstić information content (AvgIpc) is 2.91. The number of carbonyl (C=O) groups is 1. The van der Waals surface area contributed by atoms with Gasteiger partial charge in [-0.15, -0.1) is 11.6 Å². The van der Waals surface area contributed by atoms with Gasteiger partial charge in [0.1, 0.15) is 0 Å². The zero-order valence-electron chi connectivity index (χ0n) is 17.6. The number of carboxylic acids is 1. The van der Waals surface area contributed by atoms with Crippen LogP contribution in [-0.2, 0) is 4.79 Å². The Hall–Kier alpha value is -0.240. The van der Waals surface area contributed by atoms with E-state index in [1.54, 1.807) is 0 Å². The molecule has 154 valence electrons. The Morgan fingerprint density at radius 3 is 2.63 bits per heavy atom. The van der Waals surface area contributed by atoms with Gasteiger partial charge in [0.05, 0.1) is 5.41 Å². The van der Waals surface area contributed by atoms with E-state index in [9.17, 15) is 9.90 Å². The molecule has 0 aromatic heterocycles. The molecule has 4 saturated carbocycles. The minimum Gasteiger partial charge on any atom is -0.481 e. The van der Waals surface area contributed by atoms with Crippen molar-refractivity contribution >= 4 is 17.6 Å². The first kappa shape index (κ1) is 20.0. The summed E-state index contributed by atoms with van der Waals surface area (Å²) < 4.78 is 0. The number of fused-ring (bicyclic) bond motifs is 5. The van der Waals surface area contributed by atoms with Gasteiger partial charge in [0, 0.05) is 5.38 Å². The summed E-state index contributed by atoms with van der Waals surface area (Å²) in [5.41, 5.74) is -0.0964. The molecule has 4 aliphatic rings. The van der Waals surface area contributed by atoms with E-state index in [0.29, 0.717) is 40.9 Å². The van der Waals surface area contributed by atoms with Gasteiger partial charge in [0.15, 0.2) is 0 Å². The third kappa shape index (κ3) is 2.82. The molecule has 0 radical (unpaired) electrons. The number of carboxylic acid groups (broad SMARTS) is 1. The van der Waals surface area contributed by atoms with Crippen molar-refractivity contribution in [2.45, 2.75) is 96.8 Å². The minimum atomic E-state index is -0.471. The van der Waals surface area contributed by atoms with Crippen molar-refractivity contribution in [2.24, 2.45) is 46.3 Å². The molecule has 0 saturated heterocycles. The molecular formula is C24H39ClO2. The van der Waals surface area contributed by atoms with E-state index in [2.05, 4.69) is 20.8 Å². The summed E-state index contributed by atoms with van der Waals surface area (Å²) in [6, 6.07) is 0. The van der Waals surface area contributed by atoms with Crippen LogP contribution in [0, 0.1) is 46.3 Å². The van der Waals surface area contributed by atoms with Gasteiger partial charge in [0.25, 0.3) is 0 Å². The van der Waals surface area contributed by atoms with Crippen molar-refractivity contribution < 1.29 is 9.90 Å². The lowest BCUT2D eigenvalue weighted by Crippen LogP contribution is -2.57. The van der Waals surface area contributed by atoms with E-state index >= 15 is 0 Å². The molecule has 1 N–H and O–H groups in total. The Morgan fingerprint density at radius 2 is 1.93 bits per heavy atom. The van der Waals surface area contributed by atoms with Gasteiger partial charge in [-0.05, 0) is 85.9 Å². The van der Waals surface area contributed by atoms with Crippen LogP contribution in [0.5, 0.6) is 0 Å². The number of hydrogen-bond donors (Lipinski definition) is 1. The maximum absolute atomic E-state index is 12.6. The Balaban J connectivity index is 1.66. The van der Waals surface area contributed by atoms with E-state index in [1.807, 2.05) is 0 Å². The summed E-state index contributed by atoms with van der Waals surface area (Å²) >= 11 is 7.02. The van der Waals surface area contributed by atoms with Crippen LogP contribution in [0.1, 0.15) is 91.4 Å². The number of alkyl halides is 1. The van der Waals surface area contributed by atoms with Gasteiger partial charge in [-0.2, -0.15) is 0 Å². The number of rotatable bonds is 4. The van der Waals surface area contributed by atoms with E-state index in [1.165, 1.54) is 32.1 Å². The fourth-order valence-electron chi connectivity index (χ4n) is 8.97. The second-order valence-electron chi connectivity index (χ2n) is 10.8. The monoisotopic (exact) mass is 394 g/mol. The molecule has 0 bridgehead atoms. The zero-order valence-corrected chi connectivity index (χ0v) is 18.3. The van der Waals surface area contributed by atoms with Gasteiger partial charge in [-0.3, -0.25) is 4.79 Å². The largest absolute Gasteiger partial charge is 0.481 e. The van der Waals surface area contributed by atoms with Crippen molar-refractivity contribution in [3.05, 3.63) is 0 Å². The molecule has 0 aromatic rings. The van der Waals surface area contributed by atoms with E-state index in [0.717, 1.165) is 38.5 Å². The van der Waals surface area contributed by atoms with Crippen LogP contribution in [0.2, 0.25) is 0 Å². The molecule has 0 heterocycles. The maximum Gasteiger partial charge on any atom is 0.310 e. The Labute approximate surface area is 170 Å². The fraction of sp³-hybridized carbons (Fsp3) is 0.958. The van der Waals surface area contributed by atoms with Crippen molar-refractivity contribution in [3.8, 4) is 0 Å². The fourth-order valence-corrected chi connectivity index (χ4v) is 9.70. The summed E-state index contributed by atoms with van der Waals surface area (Å²) in [4.78, 5) is 12.6. The molecule has 0 amide bonds. The molecule has 4 aliphatic carbocycles. The lowest BCUT2D eigenvalue weighted by molar-refractivity contribution is -0.179. The van der Waals surface area contributed by atoms with Crippen LogP contribution >= 0.6 is 11.6 Å².